The van der Waals surface area contributed by atoms with Gasteiger partial charge in [-0.3, -0.25) is 15.0 Å². The molecule has 0 aromatic carbocycles. The fourth-order valence-corrected chi connectivity index (χ4v) is 3.89. The van der Waals surface area contributed by atoms with Crippen molar-refractivity contribution in [1.82, 2.24) is 15.3 Å². The molecule has 23 heavy (non-hydrogen) atoms. The maximum absolute atomic E-state index is 13.2. The van der Waals surface area contributed by atoms with E-state index in [0.29, 0.717) is 4.68 Å². The maximum atomic E-state index is 13.2. The quantitative estimate of drug-likeness (QED) is 0.878. The van der Waals surface area contributed by atoms with Crippen molar-refractivity contribution in [3.63, 3.8) is 0 Å². The first kappa shape index (κ1) is 18.1. The highest BCUT2D eigenvalue weighted by Crippen LogP contribution is 2.37. The van der Waals surface area contributed by atoms with Crippen LogP contribution in [0.4, 0.5) is 13.2 Å². The van der Waals surface area contributed by atoms with Crippen LogP contribution in [0.2, 0.25) is 5.15 Å². The molecular weight excluding hydrogens is 359 g/mol. The average Bonchev–Trinajstić information content (AvgIpc) is 2.89. The van der Waals surface area contributed by atoms with Crippen LogP contribution in [0.5, 0.6) is 0 Å². The Bertz CT molecular complexity index is 754. The van der Waals surface area contributed by atoms with Gasteiger partial charge in [0.2, 0.25) is 0 Å². The molecule has 6 nitrogen and oxygen atoms in total. The highest BCUT2D eigenvalue weighted by atomic mass is 35.5. The molecule has 0 saturated carbocycles. The van der Waals surface area contributed by atoms with Crippen LogP contribution in [0.3, 0.4) is 0 Å². The van der Waals surface area contributed by atoms with Gasteiger partial charge < -0.3 is 0 Å². The van der Waals surface area contributed by atoms with Crippen molar-refractivity contribution < 1.29 is 26.4 Å². The minimum Gasteiger partial charge on any atom is -0.265 e. The molecule has 2 rings (SSSR count). The number of halogens is 4. The first-order chi connectivity index (χ1) is 10.4. The van der Waals surface area contributed by atoms with Gasteiger partial charge in [0, 0.05) is 12.1 Å². The van der Waals surface area contributed by atoms with Crippen LogP contribution >= 0.6 is 11.6 Å². The van der Waals surface area contributed by atoms with Crippen LogP contribution in [-0.4, -0.2) is 23.8 Å². The summed E-state index contributed by atoms with van der Waals surface area (Å²) in [4.78, 5) is 5.03. The van der Waals surface area contributed by atoms with Gasteiger partial charge in [0.15, 0.2) is 20.0 Å². The number of hydrogen-bond acceptors (Lipinski definition) is 5. The summed E-state index contributed by atoms with van der Waals surface area (Å²) in [6, 6.07) is 0. The van der Waals surface area contributed by atoms with E-state index in [0.717, 1.165) is 0 Å². The standard InChI is InChI=1S/C12H15ClF3N3O3S/c1-4-19-9(12(14,15)16)7(10(13)17-19)6-23(20,21)8-5-11(2,3)22-18-8/h5,18H,4,6H2,1-3H3. The Morgan fingerprint density at radius 2 is 2.04 bits per heavy atom. The van der Waals surface area contributed by atoms with E-state index in [2.05, 4.69) is 10.6 Å². The lowest BCUT2D eigenvalue weighted by Gasteiger charge is -2.12. The SMILES string of the molecule is CCn1nc(Cl)c(CS(=O)(=O)C2=CC(C)(C)ON2)c1C(F)(F)F. The molecule has 1 N–H and O–H groups in total. The van der Waals surface area contributed by atoms with Crippen molar-refractivity contribution in [1.29, 1.82) is 0 Å². The predicted molar refractivity (Wildman–Crippen MR) is 76.9 cm³/mol. The molecule has 130 valence electrons. The van der Waals surface area contributed by atoms with E-state index in [4.69, 9.17) is 16.4 Å². The van der Waals surface area contributed by atoms with Crippen molar-refractivity contribution in [3.05, 3.63) is 27.5 Å². The summed E-state index contributed by atoms with van der Waals surface area (Å²) in [5.41, 5.74) is -0.390. The molecule has 0 saturated heterocycles. The highest BCUT2D eigenvalue weighted by molar-refractivity contribution is 7.94. The molecule has 0 amide bonds. The number of hydroxylamine groups is 1. The zero-order valence-electron chi connectivity index (χ0n) is 12.5. The van der Waals surface area contributed by atoms with Gasteiger partial charge in [-0.1, -0.05) is 11.6 Å². The Balaban J connectivity index is 2.47. The number of hydrogen-bond donors (Lipinski definition) is 1. The molecule has 2 heterocycles. The number of nitrogens with one attached hydrogen (secondary N) is 1. The summed E-state index contributed by atoms with van der Waals surface area (Å²) < 4.78 is 65.0. The topological polar surface area (TPSA) is 73.2 Å². The summed E-state index contributed by atoms with van der Waals surface area (Å²) in [7, 11) is -4.10. The molecule has 1 aliphatic heterocycles. The summed E-state index contributed by atoms with van der Waals surface area (Å²) in [5.74, 6) is -0.932. The van der Waals surface area contributed by atoms with Crippen LogP contribution in [0.1, 0.15) is 32.0 Å². The molecule has 1 aliphatic rings. The van der Waals surface area contributed by atoms with Gasteiger partial charge in [-0.05, 0) is 26.8 Å². The van der Waals surface area contributed by atoms with Crippen LogP contribution in [0.25, 0.3) is 0 Å². The largest absolute Gasteiger partial charge is 0.433 e. The molecule has 0 spiro atoms. The third kappa shape index (κ3) is 3.64. The maximum Gasteiger partial charge on any atom is 0.433 e. The van der Waals surface area contributed by atoms with Crippen LogP contribution < -0.4 is 5.48 Å². The summed E-state index contributed by atoms with van der Waals surface area (Å²) in [6.07, 6.45) is -3.48. The van der Waals surface area contributed by atoms with Crippen LogP contribution in [0.15, 0.2) is 11.1 Å². The van der Waals surface area contributed by atoms with Crippen molar-refractivity contribution in [2.75, 3.05) is 0 Å². The van der Waals surface area contributed by atoms with E-state index < -0.39 is 43.8 Å². The molecular formula is C12H15ClF3N3O3S. The second-order valence-electron chi connectivity index (χ2n) is 5.51. The summed E-state index contributed by atoms with van der Waals surface area (Å²) in [6.45, 7) is 4.57. The molecule has 1 aromatic rings. The number of aryl methyl sites for hydroxylation is 1. The zero-order valence-corrected chi connectivity index (χ0v) is 14.1. The molecule has 0 bridgehead atoms. The van der Waals surface area contributed by atoms with Crippen molar-refractivity contribution in [3.8, 4) is 0 Å². The molecule has 0 unspecified atom stereocenters. The van der Waals surface area contributed by atoms with Crippen molar-refractivity contribution in [2.45, 2.75) is 44.8 Å². The van der Waals surface area contributed by atoms with Gasteiger partial charge >= 0.3 is 6.18 Å². The second kappa shape index (κ2) is 5.67. The third-order valence-electron chi connectivity index (χ3n) is 3.13. The van der Waals surface area contributed by atoms with Crippen LogP contribution in [0, 0.1) is 0 Å². The fraction of sp³-hybridized carbons (Fsp3) is 0.583. The van der Waals surface area contributed by atoms with Crippen LogP contribution in [-0.2, 0) is 33.1 Å². The number of aromatic nitrogens is 2. The lowest BCUT2D eigenvalue weighted by Crippen LogP contribution is -2.23. The van der Waals surface area contributed by atoms with Crippen molar-refractivity contribution >= 4 is 21.4 Å². The predicted octanol–water partition coefficient (Wildman–Crippen LogP) is 2.64. The third-order valence-corrected chi connectivity index (χ3v) is 4.98. The van der Waals surface area contributed by atoms with Gasteiger partial charge in [0.25, 0.3) is 0 Å². The molecule has 0 atom stereocenters. The van der Waals surface area contributed by atoms with Gasteiger partial charge in [0.1, 0.15) is 11.3 Å². The van der Waals surface area contributed by atoms with Gasteiger partial charge in [-0.15, -0.1) is 0 Å². The van der Waals surface area contributed by atoms with E-state index in [1.54, 1.807) is 13.8 Å². The number of nitrogens with zero attached hydrogens (tertiary/aromatic N) is 2. The summed E-state index contributed by atoms with van der Waals surface area (Å²) in [5, 5.41) is 2.78. The average molecular weight is 374 g/mol. The smallest absolute Gasteiger partial charge is 0.265 e. The highest BCUT2D eigenvalue weighted by Gasteiger charge is 2.41. The lowest BCUT2D eigenvalue weighted by atomic mass is 10.1. The van der Waals surface area contributed by atoms with E-state index in [1.807, 2.05) is 0 Å². The fourth-order valence-electron chi connectivity index (χ4n) is 2.12. The molecule has 0 radical (unpaired) electrons. The van der Waals surface area contributed by atoms with E-state index >= 15 is 0 Å². The van der Waals surface area contributed by atoms with Crippen molar-refractivity contribution in [2.24, 2.45) is 0 Å². The second-order valence-corrected chi connectivity index (χ2v) is 7.82. The van der Waals surface area contributed by atoms with Gasteiger partial charge in [-0.25, -0.2) is 8.42 Å². The minimum atomic E-state index is -4.77. The Hall–Kier alpha value is -1.26. The number of sulfone groups is 1. The molecule has 0 aliphatic carbocycles. The van der Waals surface area contributed by atoms with E-state index in [1.165, 1.54) is 13.0 Å². The minimum absolute atomic E-state index is 0.0916. The summed E-state index contributed by atoms with van der Waals surface area (Å²) >= 11 is 5.74. The first-order valence-corrected chi connectivity index (χ1v) is 8.62. The Kier molecular flexibility index (Phi) is 4.46. The Morgan fingerprint density at radius 1 is 1.43 bits per heavy atom. The lowest BCUT2D eigenvalue weighted by molar-refractivity contribution is -0.144. The zero-order chi connectivity index (χ0) is 17.6. The Morgan fingerprint density at radius 3 is 2.48 bits per heavy atom. The van der Waals surface area contributed by atoms with E-state index in [9.17, 15) is 21.6 Å². The first-order valence-electron chi connectivity index (χ1n) is 6.59. The Labute approximate surface area is 136 Å². The molecule has 11 heteroatoms. The van der Waals surface area contributed by atoms with E-state index in [-0.39, 0.29) is 11.6 Å². The monoisotopic (exact) mass is 373 g/mol. The normalized spacial score (nSPS) is 18.0. The molecule has 1 aromatic heterocycles. The molecule has 0 fully saturated rings. The van der Waals surface area contributed by atoms with Gasteiger partial charge in [0.05, 0.1) is 5.75 Å². The number of rotatable bonds is 4. The van der Waals surface area contributed by atoms with Gasteiger partial charge in [-0.2, -0.15) is 18.3 Å². The number of alkyl halides is 3.